The number of aliphatic carboxylic acids is 1. The number of thioether (sulfide) groups is 1. The fourth-order valence-corrected chi connectivity index (χ4v) is 4.15. The number of carbonyl (C=O) groups is 1. The highest BCUT2D eigenvalue weighted by Crippen LogP contribution is 2.38. The Hall–Kier alpha value is -1.01. The molecule has 2 rings (SSSR count). The van der Waals surface area contributed by atoms with Crippen molar-refractivity contribution >= 4 is 17.7 Å². The van der Waals surface area contributed by atoms with E-state index < -0.39 is 11.5 Å². The average Bonchev–Trinajstić information content (AvgIpc) is 2.67. The van der Waals surface area contributed by atoms with Gasteiger partial charge in [0.15, 0.2) is 0 Å². The van der Waals surface area contributed by atoms with E-state index in [0.29, 0.717) is 18.1 Å². The Bertz CT molecular complexity index is 474. The molecular weight excluding hydrogens is 262 g/mol. The van der Waals surface area contributed by atoms with Crippen LogP contribution in [0.3, 0.4) is 0 Å². The van der Waals surface area contributed by atoms with E-state index in [0.717, 1.165) is 23.6 Å². The summed E-state index contributed by atoms with van der Waals surface area (Å²) in [5, 5.41) is 18.2. The number of aryl methyl sites for hydroxylation is 2. The predicted octanol–water partition coefficient (Wildman–Crippen LogP) is 1.81. The number of rotatable bonds is 4. The van der Waals surface area contributed by atoms with Crippen molar-refractivity contribution in [3.8, 4) is 0 Å². The molecule has 19 heavy (non-hydrogen) atoms. The molecule has 0 saturated heterocycles. The summed E-state index contributed by atoms with van der Waals surface area (Å²) in [5.74, 6) is -0.735. The number of hydrogen-bond acceptors (Lipinski definition) is 4. The molecule has 1 aliphatic carbocycles. The van der Waals surface area contributed by atoms with Crippen molar-refractivity contribution in [2.75, 3.05) is 7.05 Å². The van der Waals surface area contributed by atoms with Crippen molar-refractivity contribution in [3.63, 3.8) is 0 Å². The molecule has 0 aliphatic heterocycles. The minimum absolute atomic E-state index is 0.326. The minimum atomic E-state index is -0.760. The Labute approximate surface area is 117 Å². The van der Waals surface area contributed by atoms with Gasteiger partial charge in [-0.05, 0) is 45.7 Å². The Morgan fingerprint density at radius 2 is 2.42 bits per heavy atom. The van der Waals surface area contributed by atoms with Crippen LogP contribution in [0.4, 0.5) is 0 Å². The largest absolute Gasteiger partial charge is 0.480 e. The molecule has 0 aromatic carbocycles. The van der Waals surface area contributed by atoms with Crippen LogP contribution in [0.5, 0.6) is 0 Å². The maximum Gasteiger partial charge on any atom is 0.323 e. The molecule has 0 spiro atoms. The number of carboxylic acids is 1. The highest BCUT2D eigenvalue weighted by atomic mass is 32.2. The molecule has 1 saturated carbocycles. The van der Waals surface area contributed by atoms with Crippen molar-refractivity contribution in [3.05, 3.63) is 11.8 Å². The van der Waals surface area contributed by atoms with Crippen LogP contribution in [-0.2, 0) is 11.8 Å². The summed E-state index contributed by atoms with van der Waals surface area (Å²) in [6.45, 7) is 1.97. The zero-order valence-electron chi connectivity index (χ0n) is 11.6. The van der Waals surface area contributed by atoms with Crippen molar-refractivity contribution in [1.29, 1.82) is 0 Å². The summed E-state index contributed by atoms with van der Waals surface area (Å²) in [5.41, 5.74) is 0.239. The normalized spacial score (nSPS) is 27.4. The van der Waals surface area contributed by atoms with Crippen LogP contribution in [0.15, 0.2) is 11.1 Å². The molecule has 1 heterocycles. The topological polar surface area (TPSA) is 67.2 Å². The molecule has 6 heteroatoms. The van der Waals surface area contributed by atoms with Gasteiger partial charge in [0.25, 0.3) is 0 Å². The molecule has 1 aromatic heterocycles. The second kappa shape index (κ2) is 5.54. The predicted molar refractivity (Wildman–Crippen MR) is 75.5 cm³/mol. The third kappa shape index (κ3) is 2.95. The Morgan fingerprint density at radius 1 is 1.68 bits per heavy atom. The molecule has 106 valence electrons. The third-order valence-corrected chi connectivity index (χ3v) is 5.20. The fourth-order valence-electron chi connectivity index (χ4n) is 2.72. The van der Waals surface area contributed by atoms with Crippen molar-refractivity contribution in [2.24, 2.45) is 7.05 Å². The van der Waals surface area contributed by atoms with E-state index in [2.05, 4.69) is 16.5 Å². The fraction of sp³-hybridized carbons (Fsp3) is 0.692. The lowest BCUT2D eigenvalue weighted by Gasteiger charge is -2.37. The first-order chi connectivity index (χ1) is 8.97. The number of nitrogens with one attached hydrogen (secondary N) is 1. The van der Waals surface area contributed by atoms with Gasteiger partial charge in [0.05, 0.1) is 10.7 Å². The second-order valence-corrected chi connectivity index (χ2v) is 6.54. The molecule has 1 aliphatic rings. The van der Waals surface area contributed by atoms with Gasteiger partial charge in [-0.1, -0.05) is 0 Å². The molecule has 2 atom stereocenters. The van der Waals surface area contributed by atoms with E-state index in [9.17, 15) is 9.90 Å². The van der Waals surface area contributed by atoms with Crippen LogP contribution >= 0.6 is 11.8 Å². The van der Waals surface area contributed by atoms with E-state index in [-0.39, 0.29) is 0 Å². The van der Waals surface area contributed by atoms with Gasteiger partial charge in [0.2, 0.25) is 0 Å². The quantitative estimate of drug-likeness (QED) is 0.882. The molecule has 2 unspecified atom stereocenters. The van der Waals surface area contributed by atoms with Gasteiger partial charge in [-0.25, -0.2) is 0 Å². The van der Waals surface area contributed by atoms with Crippen LogP contribution in [0.1, 0.15) is 31.4 Å². The van der Waals surface area contributed by atoms with E-state index in [1.807, 2.05) is 18.7 Å². The van der Waals surface area contributed by atoms with Gasteiger partial charge in [-0.15, -0.1) is 11.8 Å². The second-order valence-electron chi connectivity index (χ2n) is 5.22. The Morgan fingerprint density at radius 3 is 2.95 bits per heavy atom. The first-order valence-corrected chi connectivity index (χ1v) is 7.44. The van der Waals surface area contributed by atoms with Crippen LogP contribution < -0.4 is 5.32 Å². The van der Waals surface area contributed by atoms with E-state index in [4.69, 9.17) is 0 Å². The lowest BCUT2D eigenvalue weighted by Crippen LogP contribution is -2.53. The lowest BCUT2D eigenvalue weighted by atomic mass is 9.81. The molecule has 1 fully saturated rings. The third-order valence-electron chi connectivity index (χ3n) is 3.84. The van der Waals surface area contributed by atoms with Crippen molar-refractivity contribution < 1.29 is 9.90 Å². The Kier molecular flexibility index (Phi) is 4.20. The molecule has 0 radical (unpaired) electrons. The maximum atomic E-state index is 11.5. The smallest absolute Gasteiger partial charge is 0.323 e. The molecule has 5 nitrogen and oxygen atoms in total. The van der Waals surface area contributed by atoms with Crippen molar-refractivity contribution in [2.45, 2.75) is 48.4 Å². The maximum absolute atomic E-state index is 11.5. The van der Waals surface area contributed by atoms with E-state index in [1.54, 1.807) is 18.8 Å². The van der Waals surface area contributed by atoms with Crippen LogP contribution in [0, 0.1) is 6.92 Å². The van der Waals surface area contributed by atoms with E-state index >= 15 is 0 Å². The van der Waals surface area contributed by atoms with Gasteiger partial charge in [0, 0.05) is 12.3 Å². The first-order valence-electron chi connectivity index (χ1n) is 6.56. The molecule has 0 amide bonds. The summed E-state index contributed by atoms with van der Waals surface area (Å²) < 4.78 is 1.87. The van der Waals surface area contributed by atoms with Crippen LogP contribution in [0.25, 0.3) is 0 Å². The van der Waals surface area contributed by atoms with Gasteiger partial charge >= 0.3 is 5.97 Å². The van der Waals surface area contributed by atoms with Crippen LogP contribution in [-0.4, -0.2) is 38.7 Å². The summed E-state index contributed by atoms with van der Waals surface area (Å²) in [7, 11) is 3.68. The summed E-state index contributed by atoms with van der Waals surface area (Å²) >= 11 is 1.74. The summed E-state index contributed by atoms with van der Waals surface area (Å²) in [6.07, 6.45) is 3.38. The molecule has 0 bridgehead atoms. The number of likely N-dealkylation sites (N-methyl/N-ethyl adjacent to an activating group) is 1. The standard InChI is InChI=1S/C13H21N3O2S/c1-9-7-11(16(3)15-9)19-10-5-4-6-13(8-10,14-2)12(17)18/h7,10,14H,4-6,8H2,1-3H3,(H,17,18). The lowest BCUT2D eigenvalue weighted by molar-refractivity contribution is -0.146. The van der Waals surface area contributed by atoms with Crippen LogP contribution in [0.2, 0.25) is 0 Å². The SMILES string of the molecule is CNC1(C(=O)O)CCCC(Sc2cc(C)nn2C)C1. The van der Waals surface area contributed by atoms with Crippen molar-refractivity contribution in [1.82, 2.24) is 15.1 Å². The zero-order chi connectivity index (χ0) is 14.0. The van der Waals surface area contributed by atoms with Gasteiger partial charge in [-0.3, -0.25) is 9.48 Å². The van der Waals surface area contributed by atoms with Gasteiger partial charge in [-0.2, -0.15) is 5.10 Å². The Balaban J connectivity index is 2.09. The number of carboxylic acid groups (broad SMARTS) is 1. The number of aromatic nitrogens is 2. The summed E-state index contributed by atoms with van der Waals surface area (Å²) in [4.78, 5) is 11.5. The summed E-state index contributed by atoms with van der Waals surface area (Å²) in [6, 6.07) is 2.06. The highest BCUT2D eigenvalue weighted by Gasteiger charge is 2.42. The molecule has 1 aromatic rings. The highest BCUT2D eigenvalue weighted by molar-refractivity contribution is 7.99. The number of nitrogens with zero attached hydrogens (tertiary/aromatic N) is 2. The minimum Gasteiger partial charge on any atom is -0.480 e. The molecular formula is C13H21N3O2S. The average molecular weight is 283 g/mol. The molecule has 2 N–H and O–H groups in total. The first kappa shape index (κ1) is 14.4. The van der Waals surface area contributed by atoms with Gasteiger partial charge in [0.1, 0.15) is 5.54 Å². The number of hydrogen-bond donors (Lipinski definition) is 2. The zero-order valence-corrected chi connectivity index (χ0v) is 12.5. The monoisotopic (exact) mass is 283 g/mol. The van der Waals surface area contributed by atoms with Gasteiger partial charge < -0.3 is 10.4 Å². The van der Waals surface area contributed by atoms with E-state index in [1.165, 1.54) is 0 Å².